The van der Waals surface area contributed by atoms with Gasteiger partial charge in [-0.2, -0.15) is 5.01 Å². The van der Waals surface area contributed by atoms with E-state index in [4.69, 9.17) is 16.3 Å². The van der Waals surface area contributed by atoms with Gasteiger partial charge in [-0.1, -0.05) is 59.6 Å². The average molecular weight is 783 g/mol. The molecule has 0 radical (unpaired) electrons. The zero-order valence-electron chi connectivity index (χ0n) is 30.6. The first kappa shape index (κ1) is 36.2. The molecule has 9 rings (SSSR count). The fraction of sp³-hybridized carbons (Fsp3) is 0.200. The summed E-state index contributed by atoms with van der Waals surface area (Å²) in [4.78, 5) is 60.5. The highest BCUT2D eigenvalue weighted by Gasteiger charge is 2.71. The molecule has 0 bridgehead atoms. The van der Waals surface area contributed by atoms with Gasteiger partial charge < -0.3 is 15.2 Å². The topological polar surface area (TPSA) is 128 Å². The summed E-state index contributed by atoms with van der Waals surface area (Å²) in [5, 5.41) is 16.4. The molecule has 5 aromatic rings. The molecule has 2 saturated heterocycles. The van der Waals surface area contributed by atoms with Gasteiger partial charge in [0.2, 0.25) is 11.8 Å². The number of amides is 4. The molecule has 57 heavy (non-hydrogen) atoms. The Morgan fingerprint density at radius 3 is 2.16 bits per heavy atom. The number of hydrogen-bond donors (Lipinski definition) is 3. The third-order valence-corrected chi connectivity index (χ3v) is 12.2. The molecule has 0 aromatic heterocycles. The van der Waals surface area contributed by atoms with Crippen LogP contribution in [0.4, 0.5) is 27.1 Å². The molecule has 12 heteroatoms. The maximum absolute atomic E-state index is 15.4. The third kappa shape index (κ3) is 5.67. The van der Waals surface area contributed by atoms with Crippen molar-refractivity contribution in [3.8, 4) is 11.5 Å². The van der Waals surface area contributed by atoms with Gasteiger partial charge in [0.1, 0.15) is 17.3 Å². The van der Waals surface area contributed by atoms with E-state index < -0.39 is 58.5 Å². The predicted octanol–water partition coefficient (Wildman–Crippen LogP) is 8.13. The number of anilines is 4. The second-order valence-electron chi connectivity index (χ2n) is 14.8. The first-order chi connectivity index (χ1) is 27.6. The molecular weight excluding hydrogens is 747 g/mol. The van der Waals surface area contributed by atoms with Crippen LogP contribution in [0.5, 0.6) is 11.5 Å². The van der Waals surface area contributed by atoms with Crippen LogP contribution >= 0.6 is 11.6 Å². The summed E-state index contributed by atoms with van der Waals surface area (Å²) >= 11 is 6.39. The van der Waals surface area contributed by atoms with E-state index in [9.17, 15) is 23.9 Å². The number of phenols is 1. The number of allylic oxidation sites excluding steroid dienone is 2. The Hall–Kier alpha value is -6.46. The van der Waals surface area contributed by atoms with Gasteiger partial charge in [0.25, 0.3) is 11.8 Å². The molecule has 4 aliphatic rings. The van der Waals surface area contributed by atoms with E-state index in [2.05, 4.69) is 10.7 Å². The number of fused-ring (bicyclic) bond motifs is 4. The Bertz CT molecular complexity index is 2460. The van der Waals surface area contributed by atoms with Crippen LogP contribution in [-0.2, 0) is 24.6 Å². The van der Waals surface area contributed by atoms with Crippen molar-refractivity contribution >= 4 is 58.0 Å². The highest BCUT2D eigenvalue weighted by atomic mass is 35.5. The highest BCUT2D eigenvalue weighted by Crippen LogP contribution is 2.66. The van der Waals surface area contributed by atoms with Crippen LogP contribution in [-0.4, -0.2) is 40.9 Å². The van der Waals surface area contributed by atoms with E-state index in [-0.39, 0.29) is 35.8 Å². The average Bonchev–Trinajstić information content (AvgIpc) is 3.60. The van der Waals surface area contributed by atoms with Crippen molar-refractivity contribution in [2.24, 2.45) is 23.7 Å². The Labute approximate surface area is 332 Å². The highest BCUT2D eigenvalue weighted by molar-refractivity contribution is 6.30. The van der Waals surface area contributed by atoms with Crippen LogP contribution in [0.25, 0.3) is 0 Å². The molecule has 4 amide bonds. The number of hydrazine groups is 1. The van der Waals surface area contributed by atoms with Crippen molar-refractivity contribution in [2.45, 2.75) is 24.2 Å². The summed E-state index contributed by atoms with van der Waals surface area (Å²) < 4.78 is 19.8. The summed E-state index contributed by atoms with van der Waals surface area (Å²) in [5.41, 5.74) is 5.03. The largest absolute Gasteiger partial charge is 0.508 e. The first-order valence-corrected chi connectivity index (χ1v) is 19.0. The van der Waals surface area contributed by atoms with Gasteiger partial charge in [-0.05, 0) is 109 Å². The Balaban J connectivity index is 1.17. The Morgan fingerprint density at radius 1 is 0.772 bits per heavy atom. The number of aromatic hydroxyl groups is 1. The molecule has 5 aromatic carbocycles. The lowest BCUT2D eigenvalue weighted by atomic mass is 9.49. The minimum Gasteiger partial charge on any atom is -0.508 e. The molecule has 0 spiro atoms. The van der Waals surface area contributed by atoms with Crippen LogP contribution < -0.4 is 20.4 Å². The zero-order valence-corrected chi connectivity index (χ0v) is 31.3. The number of carbonyl (C=O) groups is 4. The van der Waals surface area contributed by atoms with E-state index in [0.717, 1.165) is 16.4 Å². The summed E-state index contributed by atoms with van der Waals surface area (Å²) in [6.45, 7) is 0. The standard InChI is InChI=1S/C45H36ClFN4O6/c1-57-37-9-5-8-36(52)39(37)40-32-22-23-33-38(43(55)50(41(33)53)31-20-18-29(19-21-31)48-28-6-3-2-4-7-28)34(32)24-35-42(54)51(49-30-16-14-27(47)15-17-30)44(56)45(35,40)25-10-12-26(46)13-11-25/h2-22,33-35,38,40,48-49,52H,23-24H2,1H3. The second-order valence-corrected chi connectivity index (χ2v) is 15.3. The first-order valence-electron chi connectivity index (χ1n) is 18.6. The maximum atomic E-state index is 15.4. The lowest BCUT2D eigenvalue weighted by Crippen LogP contribution is -2.53. The van der Waals surface area contributed by atoms with Crippen molar-refractivity contribution in [2.75, 3.05) is 22.8 Å². The normalized spacial score (nSPS) is 25.1. The van der Waals surface area contributed by atoms with Crippen LogP contribution in [0.1, 0.15) is 29.9 Å². The minimum absolute atomic E-state index is 0.0427. The fourth-order valence-electron chi connectivity index (χ4n) is 9.61. The quantitative estimate of drug-likeness (QED) is 0.106. The molecule has 10 nitrogen and oxygen atoms in total. The van der Waals surface area contributed by atoms with Crippen molar-refractivity contribution < 1.29 is 33.4 Å². The second kappa shape index (κ2) is 13.9. The summed E-state index contributed by atoms with van der Waals surface area (Å²) in [6.07, 6.45) is 2.14. The number of rotatable bonds is 8. The van der Waals surface area contributed by atoms with Gasteiger partial charge in [0.05, 0.1) is 41.7 Å². The number of methoxy groups -OCH3 is 1. The molecule has 2 aliphatic carbocycles. The van der Waals surface area contributed by atoms with Gasteiger partial charge in [0.15, 0.2) is 0 Å². The van der Waals surface area contributed by atoms with E-state index in [1.165, 1.54) is 42.3 Å². The molecule has 2 heterocycles. The molecule has 6 atom stereocenters. The van der Waals surface area contributed by atoms with Gasteiger partial charge in [-0.25, -0.2) is 4.39 Å². The van der Waals surface area contributed by atoms with Crippen LogP contribution in [0.15, 0.2) is 133 Å². The number of ether oxygens (including phenoxy) is 1. The van der Waals surface area contributed by atoms with Crippen LogP contribution in [0, 0.1) is 29.5 Å². The molecule has 6 unspecified atom stereocenters. The number of halogens is 2. The van der Waals surface area contributed by atoms with E-state index in [1.807, 2.05) is 48.5 Å². The van der Waals surface area contributed by atoms with Crippen LogP contribution in [0.3, 0.4) is 0 Å². The van der Waals surface area contributed by atoms with Gasteiger partial charge in [0, 0.05) is 27.9 Å². The van der Waals surface area contributed by atoms with Gasteiger partial charge in [-0.15, -0.1) is 0 Å². The Kier molecular flexibility index (Phi) is 8.85. The molecule has 3 fully saturated rings. The fourth-order valence-corrected chi connectivity index (χ4v) is 9.73. The van der Waals surface area contributed by atoms with Crippen molar-refractivity contribution in [1.82, 2.24) is 5.01 Å². The number of para-hydroxylation sites is 1. The van der Waals surface area contributed by atoms with Gasteiger partial charge in [-0.3, -0.25) is 29.5 Å². The van der Waals surface area contributed by atoms with Gasteiger partial charge >= 0.3 is 0 Å². The monoisotopic (exact) mass is 782 g/mol. The van der Waals surface area contributed by atoms with E-state index in [0.29, 0.717) is 27.5 Å². The lowest BCUT2D eigenvalue weighted by molar-refractivity contribution is -0.138. The third-order valence-electron chi connectivity index (χ3n) is 12.0. The summed E-state index contributed by atoms with van der Waals surface area (Å²) in [6, 6.07) is 33.5. The van der Waals surface area contributed by atoms with Crippen molar-refractivity contribution in [3.63, 3.8) is 0 Å². The van der Waals surface area contributed by atoms with E-state index >= 15 is 4.79 Å². The molecule has 2 aliphatic heterocycles. The lowest BCUT2D eigenvalue weighted by Gasteiger charge is -2.50. The molecule has 286 valence electrons. The number of phenolic OH excluding ortho intramolecular Hbond substituents is 1. The van der Waals surface area contributed by atoms with Crippen molar-refractivity contribution in [3.05, 3.63) is 155 Å². The summed E-state index contributed by atoms with van der Waals surface area (Å²) in [5.74, 6) is -6.68. The predicted molar refractivity (Wildman–Crippen MR) is 212 cm³/mol. The van der Waals surface area contributed by atoms with Crippen LogP contribution in [0.2, 0.25) is 5.02 Å². The SMILES string of the molecule is COc1cccc(O)c1C1C2=CCC3C(=O)N(c4ccc(Nc5ccccc5)cc4)C(=O)C3C2CC2C(=O)N(Nc3ccc(F)cc3)C(=O)C21c1ccc(Cl)cc1. The molecular formula is C45H36ClFN4O6. The number of nitrogens with one attached hydrogen (secondary N) is 2. The number of nitrogens with zero attached hydrogens (tertiary/aromatic N) is 2. The van der Waals surface area contributed by atoms with Crippen molar-refractivity contribution in [1.29, 1.82) is 0 Å². The maximum Gasteiger partial charge on any atom is 0.260 e. The number of hydrogen-bond acceptors (Lipinski definition) is 8. The zero-order chi connectivity index (χ0) is 39.6. The molecule has 1 saturated carbocycles. The number of imide groups is 2. The summed E-state index contributed by atoms with van der Waals surface area (Å²) in [7, 11) is 1.46. The minimum atomic E-state index is -1.68. The Morgan fingerprint density at radius 2 is 1.46 bits per heavy atom. The number of carbonyl (C=O) groups excluding carboxylic acids is 4. The number of benzene rings is 5. The smallest absolute Gasteiger partial charge is 0.260 e. The van der Waals surface area contributed by atoms with E-state index in [1.54, 1.807) is 48.5 Å². The molecule has 3 N–H and O–H groups in total.